The molecule has 0 N–H and O–H groups in total. The summed E-state index contributed by atoms with van der Waals surface area (Å²) in [7, 11) is 0. The van der Waals surface area contributed by atoms with Gasteiger partial charge in [-0.3, -0.25) is 4.98 Å². The summed E-state index contributed by atoms with van der Waals surface area (Å²) in [4.78, 5) is 6.76. The molecule has 2 heterocycles. The average molecular weight is 265 g/mol. The van der Waals surface area contributed by atoms with Crippen LogP contribution in [-0.4, -0.2) is 18.1 Å². The number of aromatic nitrogens is 1. The third kappa shape index (κ3) is 2.12. The molecule has 1 fully saturated rings. The minimum atomic E-state index is 0.655. The molecule has 0 bridgehead atoms. The largest absolute Gasteiger partial charge is 0.370 e. The van der Waals surface area contributed by atoms with E-state index in [9.17, 15) is 5.26 Å². The molecule has 1 aromatic carbocycles. The van der Waals surface area contributed by atoms with E-state index in [4.69, 9.17) is 0 Å². The molecule has 0 saturated carbocycles. The molecule has 1 saturated heterocycles. The first-order valence-corrected chi connectivity index (χ1v) is 7.23. The van der Waals surface area contributed by atoms with E-state index in [-0.39, 0.29) is 0 Å². The summed E-state index contributed by atoms with van der Waals surface area (Å²) in [6.45, 7) is 6.65. The van der Waals surface area contributed by atoms with Gasteiger partial charge in [0.2, 0.25) is 0 Å². The van der Waals surface area contributed by atoms with Crippen molar-refractivity contribution in [3.8, 4) is 6.07 Å². The highest BCUT2D eigenvalue weighted by Crippen LogP contribution is 2.33. The quantitative estimate of drug-likeness (QED) is 0.791. The van der Waals surface area contributed by atoms with Gasteiger partial charge < -0.3 is 4.90 Å². The molecule has 0 radical (unpaired) electrons. The van der Waals surface area contributed by atoms with Gasteiger partial charge in [0, 0.05) is 24.7 Å². The van der Waals surface area contributed by atoms with E-state index in [1.165, 1.54) is 6.42 Å². The van der Waals surface area contributed by atoms with Crippen molar-refractivity contribution >= 4 is 16.6 Å². The normalized spacial score (nSPS) is 22.8. The van der Waals surface area contributed by atoms with Crippen molar-refractivity contribution in [1.82, 2.24) is 4.98 Å². The zero-order valence-corrected chi connectivity index (χ0v) is 12.0. The lowest BCUT2D eigenvalue weighted by Gasteiger charge is -2.37. The second kappa shape index (κ2) is 5.13. The minimum absolute atomic E-state index is 0.655. The first-order chi connectivity index (χ1) is 9.70. The highest BCUT2D eigenvalue weighted by molar-refractivity contribution is 5.94. The number of nitrogens with zero attached hydrogens (tertiary/aromatic N) is 3. The van der Waals surface area contributed by atoms with E-state index >= 15 is 0 Å². The first kappa shape index (κ1) is 12.9. The number of hydrogen-bond donors (Lipinski definition) is 0. The fourth-order valence-corrected chi connectivity index (χ4v) is 3.02. The Kier molecular flexibility index (Phi) is 3.31. The zero-order chi connectivity index (χ0) is 14.1. The van der Waals surface area contributed by atoms with Gasteiger partial charge >= 0.3 is 0 Å². The highest BCUT2D eigenvalue weighted by Gasteiger charge is 2.25. The van der Waals surface area contributed by atoms with Gasteiger partial charge in [-0.2, -0.15) is 5.26 Å². The number of fused-ring (bicyclic) bond motifs is 1. The van der Waals surface area contributed by atoms with Crippen LogP contribution >= 0.6 is 0 Å². The maximum Gasteiger partial charge on any atom is 0.103 e. The Bertz CT molecular complexity index is 671. The molecule has 1 aromatic heterocycles. The van der Waals surface area contributed by atoms with Crippen LogP contribution in [0.25, 0.3) is 10.9 Å². The van der Waals surface area contributed by atoms with Gasteiger partial charge in [0.1, 0.15) is 6.07 Å². The van der Waals surface area contributed by atoms with Gasteiger partial charge in [0.15, 0.2) is 0 Å². The number of benzene rings is 1. The Morgan fingerprint density at radius 2 is 2.05 bits per heavy atom. The van der Waals surface area contributed by atoms with Crippen LogP contribution in [0.2, 0.25) is 0 Å². The standard InChI is InChI=1S/C17H19N3/c1-12-7-8-20(11-13(12)2)17-14(9-18)10-19-16-6-4-3-5-15(16)17/h3-6,10,12-13H,7-8,11H2,1-2H3. The fraction of sp³-hybridized carbons (Fsp3) is 0.412. The van der Waals surface area contributed by atoms with E-state index in [1.54, 1.807) is 6.20 Å². The van der Waals surface area contributed by atoms with Gasteiger partial charge in [0.25, 0.3) is 0 Å². The Balaban J connectivity index is 2.12. The third-order valence-electron chi connectivity index (χ3n) is 4.52. The van der Waals surface area contributed by atoms with Crippen molar-refractivity contribution in [1.29, 1.82) is 5.26 Å². The minimum Gasteiger partial charge on any atom is -0.370 e. The predicted octanol–water partition coefficient (Wildman–Crippen LogP) is 3.59. The maximum absolute atomic E-state index is 9.41. The van der Waals surface area contributed by atoms with E-state index in [0.29, 0.717) is 11.5 Å². The van der Waals surface area contributed by atoms with Crippen LogP contribution in [0.1, 0.15) is 25.8 Å². The Morgan fingerprint density at radius 3 is 2.80 bits per heavy atom. The molecular weight excluding hydrogens is 246 g/mol. The van der Waals surface area contributed by atoms with Crippen LogP contribution < -0.4 is 4.90 Å². The predicted molar refractivity (Wildman–Crippen MR) is 81.6 cm³/mol. The van der Waals surface area contributed by atoms with Crippen molar-refractivity contribution in [2.75, 3.05) is 18.0 Å². The van der Waals surface area contributed by atoms with Gasteiger partial charge in [-0.1, -0.05) is 32.0 Å². The number of para-hydroxylation sites is 1. The number of pyridine rings is 1. The van der Waals surface area contributed by atoms with Crippen molar-refractivity contribution in [3.05, 3.63) is 36.0 Å². The monoisotopic (exact) mass is 265 g/mol. The summed E-state index contributed by atoms with van der Waals surface area (Å²) in [6, 6.07) is 10.4. The summed E-state index contributed by atoms with van der Waals surface area (Å²) in [5, 5.41) is 10.5. The molecule has 1 aliphatic heterocycles. The zero-order valence-electron chi connectivity index (χ0n) is 12.0. The van der Waals surface area contributed by atoms with Crippen LogP contribution in [0, 0.1) is 23.2 Å². The van der Waals surface area contributed by atoms with Crippen molar-refractivity contribution < 1.29 is 0 Å². The summed E-state index contributed by atoms with van der Waals surface area (Å²) in [5.74, 6) is 1.41. The van der Waals surface area contributed by atoms with E-state index in [2.05, 4.69) is 35.9 Å². The van der Waals surface area contributed by atoms with Crippen LogP contribution in [0.4, 0.5) is 5.69 Å². The summed E-state index contributed by atoms with van der Waals surface area (Å²) < 4.78 is 0. The number of piperidine rings is 1. The summed E-state index contributed by atoms with van der Waals surface area (Å²) in [5.41, 5.74) is 2.72. The Hall–Kier alpha value is -2.08. The number of nitriles is 1. The van der Waals surface area contributed by atoms with Crippen molar-refractivity contribution in [2.45, 2.75) is 20.3 Å². The van der Waals surface area contributed by atoms with Crippen LogP contribution in [0.15, 0.2) is 30.5 Å². The highest BCUT2D eigenvalue weighted by atomic mass is 15.1. The molecule has 102 valence electrons. The molecule has 2 aromatic rings. The summed E-state index contributed by atoms with van der Waals surface area (Å²) in [6.07, 6.45) is 2.89. The Morgan fingerprint density at radius 1 is 1.25 bits per heavy atom. The molecule has 2 atom stereocenters. The molecule has 20 heavy (non-hydrogen) atoms. The maximum atomic E-state index is 9.41. The Labute approximate surface area is 119 Å². The number of rotatable bonds is 1. The molecule has 3 rings (SSSR count). The molecular formula is C17H19N3. The number of hydrogen-bond acceptors (Lipinski definition) is 3. The van der Waals surface area contributed by atoms with E-state index in [1.807, 2.05) is 18.2 Å². The number of anilines is 1. The lowest BCUT2D eigenvalue weighted by Crippen LogP contribution is -2.38. The second-order valence-corrected chi connectivity index (χ2v) is 5.84. The van der Waals surface area contributed by atoms with E-state index in [0.717, 1.165) is 35.6 Å². The SMILES string of the molecule is CC1CCN(c2c(C#N)cnc3ccccc23)CC1C. The molecule has 1 aliphatic rings. The molecule has 0 spiro atoms. The molecule has 3 nitrogen and oxygen atoms in total. The van der Waals surface area contributed by atoms with Gasteiger partial charge in [-0.15, -0.1) is 0 Å². The lowest BCUT2D eigenvalue weighted by molar-refractivity contribution is 0.324. The fourth-order valence-electron chi connectivity index (χ4n) is 3.02. The van der Waals surface area contributed by atoms with Crippen LogP contribution in [0.3, 0.4) is 0 Å². The average Bonchev–Trinajstić information content (AvgIpc) is 2.49. The second-order valence-electron chi connectivity index (χ2n) is 5.84. The third-order valence-corrected chi connectivity index (χ3v) is 4.52. The van der Waals surface area contributed by atoms with Crippen molar-refractivity contribution in [2.24, 2.45) is 11.8 Å². The molecule has 0 aliphatic carbocycles. The smallest absolute Gasteiger partial charge is 0.103 e. The molecule has 0 amide bonds. The summed E-state index contributed by atoms with van der Waals surface area (Å²) >= 11 is 0. The first-order valence-electron chi connectivity index (χ1n) is 7.23. The van der Waals surface area contributed by atoms with E-state index < -0.39 is 0 Å². The van der Waals surface area contributed by atoms with Gasteiger partial charge in [-0.05, 0) is 24.3 Å². The van der Waals surface area contributed by atoms with Crippen molar-refractivity contribution in [3.63, 3.8) is 0 Å². The van der Waals surface area contributed by atoms with Crippen LogP contribution in [-0.2, 0) is 0 Å². The van der Waals surface area contributed by atoms with Gasteiger partial charge in [-0.25, -0.2) is 0 Å². The molecule has 2 unspecified atom stereocenters. The topological polar surface area (TPSA) is 39.9 Å². The van der Waals surface area contributed by atoms with Gasteiger partial charge in [0.05, 0.1) is 16.8 Å². The van der Waals surface area contributed by atoms with Crippen LogP contribution in [0.5, 0.6) is 0 Å². The molecule has 3 heteroatoms. The lowest BCUT2D eigenvalue weighted by atomic mass is 9.88.